The summed E-state index contributed by atoms with van der Waals surface area (Å²) in [5.41, 5.74) is 1.82. The van der Waals surface area contributed by atoms with Gasteiger partial charge in [0.2, 0.25) is 11.8 Å². The maximum atomic E-state index is 11.7. The Labute approximate surface area is 106 Å². The van der Waals surface area contributed by atoms with E-state index in [4.69, 9.17) is 4.74 Å². The number of nitrogens with one attached hydrogen (secondary N) is 1. The molecule has 1 aromatic carbocycles. The molecule has 1 unspecified atom stereocenters. The quantitative estimate of drug-likeness (QED) is 0.788. The summed E-state index contributed by atoms with van der Waals surface area (Å²) in [6.07, 6.45) is 0. The van der Waals surface area contributed by atoms with Gasteiger partial charge >= 0.3 is 0 Å². The van der Waals surface area contributed by atoms with E-state index in [9.17, 15) is 9.59 Å². The molecule has 0 radical (unpaired) electrons. The minimum Gasteiger partial charge on any atom is -0.495 e. The van der Waals surface area contributed by atoms with Crippen molar-refractivity contribution in [2.24, 2.45) is 0 Å². The number of piperazine rings is 1. The van der Waals surface area contributed by atoms with E-state index in [1.807, 2.05) is 25.1 Å². The highest BCUT2D eigenvalue weighted by Crippen LogP contribution is 2.31. The Bertz CT molecular complexity index is 499. The van der Waals surface area contributed by atoms with Crippen LogP contribution in [-0.4, -0.2) is 31.5 Å². The summed E-state index contributed by atoms with van der Waals surface area (Å²) in [4.78, 5) is 24.9. The summed E-state index contributed by atoms with van der Waals surface area (Å²) in [7, 11) is 1.57. The highest BCUT2D eigenvalue weighted by Gasteiger charge is 2.31. The van der Waals surface area contributed by atoms with Crippen LogP contribution in [0.25, 0.3) is 0 Å². The van der Waals surface area contributed by atoms with E-state index < -0.39 is 6.04 Å². The molecule has 1 aliphatic rings. The lowest BCUT2D eigenvalue weighted by molar-refractivity contribution is -0.132. The summed E-state index contributed by atoms with van der Waals surface area (Å²) in [5.74, 6) is 0.0893. The number of methoxy groups -OCH3 is 1. The third kappa shape index (κ3) is 2.16. The van der Waals surface area contributed by atoms with E-state index in [0.29, 0.717) is 5.75 Å². The van der Waals surface area contributed by atoms with Crippen molar-refractivity contribution in [3.8, 4) is 5.75 Å². The predicted molar refractivity (Wildman–Crippen MR) is 67.7 cm³/mol. The van der Waals surface area contributed by atoms with Crippen LogP contribution in [0.15, 0.2) is 18.2 Å². The van der Waals surface area contributed by atoms with Gasteiger partial charge in [-0.3, -0.25) is 14.9 Å². The summed E-state index contributed by atoms with van der Waals surface area (Å²) < 4.78 is 5.29. The number of hydrogen-bond acceptors (Lipinski definition) is 4. The summed E-state index contributed by atoms with van der Waals surface area (Å²) in [6, 6.07) is 5.30. The van der Waals surface area contributed by atoms with Crippen molar-refractivity contribution in [3.63, 3.8) is 0 Å². The Balaban J connectivity index is 2.43. The minimum absolute atomic E-state index is 0.159. The standard InChI is InChI=1S/C13H16N2O3/c1-8-4-5-11(18-3)10(6-8)15-7-12(16)14-13(17)9(15)2/h4-6,9H,7H2,1-3H3,(H,14,16,17). The van der Waals surface area contributed by atoms with Crippen molar-refractivity contribution in [2.75, 3.05) is 18.6 Å². The summed E-state index contributed by atoms with van der Waals surface area (Å²) >= 11 is 0. The molecule has 1 heterocycles. The fraction of sp³-hybridized carbons (Fsp3) is 0.385. The Morgan fingerprint density at radius 1 is 1.39 bits per heavy atom. The molecule has 1 N–H and O–H groups in total. The highest BCUT2D eigenvalue weighted by atomic mass is 16.5. The second-order valence-corrected chi connectivity index (χ2v) is 4.39. The number of amides is 2. The molecule has 5 nitrogen and oxygen atoms in total. The van der Waals surface area contributed by atoms with Crippen molar-refractivity contribution in [2.45, 2.75) is 19.9 Å². The van der Waals surface area contributed by atoms with Gasteiger partial charge in [-0.25, -0.2) is 0 Å². The van der Waals surface area contributed by atoms with Gasteiger partial charge in [-0.1, -0.05) is 6.07 Å². The number of nitrogens with zero attached hydrogens (tertiary/aromatic N) is 1. The van der Waals surface area contributed by atoms with Crippen LogP contribution in [0.2, 0.25) is 0 Å². The Kier molecular flexibility index (Phi) is 3.23. The molecular weight excluding hydrogens is 232 g/mol. The van der Waals surface area contributed by atoms with E-state index in [2.05, 4.69) is 5.32 Å². The van der Waals surface area contributed by atoms with Gasteiger partial charge in [-0.2, -0.15) is 0 Å². The minimum atomic E-state index is -0.390. The second-order valence-electron chi connectivity index (χ2n) is 4.39. The smallest absolute Gasteiger partial charge is 0.249 e. The van der Waals surface area contributed by atoms with Crippen LogP contribution in [0.1, 0.15) is 12.5 Å². The third-order valence-electron chi connectivity index (χ3n) is 3.07. The van der Waals surface area contributed by atoms with Crippen LogP contribution >= 0.6 is 0 Å². The van der Waals surface area contributed by atoms with Crippen molar-refractivity contribution in [3.05, 3.63) is 23.8 Å². The summed E-state index contributed by atoms with van der Waals surface area (Å²) in [5, 5.41) is 2.32. The third-order valence-corrected chi connectivity index (χ3v) is 3.07. The number of carbonyl (C=O) groups is 2. The Hall–Kier alpha value is -2.04. The molecule has 0 aromatic heterocycles. The van der Waals surface area contributed by atoms with E-state index in [1.165, 1.54) is 0 Å². The number of anilines is 1. The molecule has 0 aliphatic carbocycles. The monoisotopic (exact) mass is 248 g/mol. The first-order valence-corrected chi connectivity index (χ1v) is 5.78. The molecule has 0 bridgehead atoms. The molecule has 0 saturated carbocycles. The SMILES string of the molecule is COc1ccc(C)cc1N1CC(=O)NC(=O)C1C. The Morgan fingerprint density at radius 2 is 2.11 bits per heavy atom. The van der Waals surface area contributed by atoms with Crippen LogP contribution in [0.5, 0.6) is 5.75 Å². The molecule has 2 rings (SSSR count). The molecule has 96 valence electrons. The highest BCUT2D eigenvalue weighted by molar-refractivity contribution is 6.04. The maximum absolute atomic E-state index is 11.7. The number of ether oxygens (including phenoxy) is 1. The first-order chi connectivity index (χ1) is 8.52. The first kappa shape index (κ1) is 12.4. The zero-order valence-corrected chi connectivity index (χ0v) is 10.7. The number of aryl methyl sites for hydroxylation is 1. The largest absolute Gasteiger partial charge is 0.495 e. The van der Waals surface area contributed by atoms with Crippen LogP contribution in [0.4, 0.5) is 5.69 Å². The van der Waals surface area contributed by atoms with Crippen molar-refractivity contribution >= 4 is 17.5 Å². The topological polar surface area (TPSA) is 58.6 Å². The number of hydrogen-bond donors (Lipinski definition) is 1. The molecule has 2 amide bonds. The molecule has 1 aromatic rings. The number of carbonyl (C=O) groups excluding carboxylic acids is 2. The van der Waals surface area contributed by atoms with Gasteiger partial charge in [0.15, 0.2) is 0 Å². The van der Waals surface area contributed by atoms with E-state index >= 15 is 0 Å². The molecule has 18 heavy (non-hydrogen) atoms. The van der Waals surface area contributed by atoms with Gasteiger partial charge < -0.3 is 9.64 Å². The molecule has 5 heteroatoms. The molecule has 1 saturated heterocycles. The molecule has 1 aliphatic heterocycles. The van der Waals surface area contributed by atoms with Gasteiger partial charge in [-0.15, -0.1) is 0 Å². The Morgan fingerprint density at radius 3 is 2.78 bits per heavy atom. The molecule has 0 spiro atoms. The van der Waals surface area contributed by atoms with Gasteiger partial charge in [-0.05, 0) is 31.5 Å². The van der Waals surface area contributed by atoms with Crippen molar-refractivity contribution in [1.82, 2.24) is 5.32 Å². The number of rotatable bonds is 2. The van der Waals surface area contributed by atoms with E-state index in [1.54, 1.807) is 18.9 Å². The lowest BCUT2D eigenvalue weighted by Crippen LogP contribution is -2.57. The lowest BCUT2D eigenvalue weighted by atomic mass is 10.1. The summed E-state index contributed by atoms with van der Waals surface area (Å²) in [6.45, 7) is 3.88. The van der Waals surface area contributed by atoms with E-state index in [-0.39, 0.29) is 18.4 Å². The van der Waals surface area contributed by atoms with Gasteiger partial charge in [0.25, 0.3) is 0 Å². The zero-order valence-electron chi connectivity index (χ0n) is 10.7. The zero-order chi connectivity index (χ0) is 13.3. The van der Waals surface area contributed by atoms with Crippen molar-refractivity contribution in [1.29, 1.82) is 0 Å². The fourth-order valence-electron chi connectivity index (χ4n) is 2.03. The lowest BCUT2D eigenvalue weighted by Gasteiger charge is -2.34. The second kappa shape index (κ2) is 4.68. The molecule has 1 fully saturated rings. The van der Waals surface area contributed by atoms with Crippen LogP contribution in [0.3, 0.4) is 0 Å². The maximum Gasteiger partial charge on any atom is 0.249 e. The normalized spacial score (nSPS) is 19.7. The average molecular weight is 248 g/mol. The molecule has 1 atom stereocenters. The van der Waals surface area contributed by atoms with Gasteiger partial charge in [0.05, 0.1) is 19.3 Å². The van der Waals surface area contributed by atoms with Gasteiger partial charge in [0, 0.05) is 0 Å². The van der Waals surface area contributed by atoms with E-state index in [0.717, 1.165) is 11.3 Å². The van der Waals surface area contributed by atoms with Crippen LogP contribution in [0, 0.1) is 6.92 Å². The number of benzene rings is 1. The van der Waals surface area contributed by atoms with Gasteiger partial charge in [0.1, 0.15) is 11.8 Å². The van der Waals surface area contributed by atoms with Crippen LogP contribution in [-0.2, 0) is 9.59 Å². The average Bonchev–Trinajstić information content (AvgIpc) is 2.33. The first-order valence-electron chi connectivity index (χ1n) is 5.78. The van der Waals surface area contributed by atoms with Crippen molar-refractivity contribution < 1.29 is 14.3 Å². The fourth-order valence-corrected chi connectivity index (χ4v) is 2.03. The molecular formula is C13H16N2O3. The predicted octanol–water partition coefficient (Wildman–Crippen LogP) is 0.855. The number of imide groups is 1. The van der Waals surface area contributed by atoms with Crippen LogP contribution < -0.4 is 15.0 Å².